The summed E-state index contributed by atoms with van der Waals surface area (Å²) in [5.74, 6) is -2.02. The van der Waals surface area contributed by atoms with E-state index in [1.165, 1.54) is 6.92 Å². The summed E-state index contributed by atoms with van der Waals surface area (Å²) in [6.07, 6.45) is 3.70. The lowest BCUT2D eigenvalue weighted by Crippen LogP contribution is -2.39. The number of hydrogen-bond acceptors (Lipinski definition) is 6. The van der Waals surface area contributed by atoms with E-state index in [9.17, 15) is 19.2 Å². The van der Waals surface area contributed by atoms with Gasteiger partial charge in [-0.05, 0) is 33.6 Å². The van der Waals surface area contributed by atoms with Gasteiger partial charge in [-0.2, -0.15) is 5.10 Å². The smallest absolute Gasteiger partial charge is 0.326 e. The van der Waals surface area contributed by atoms with Crippen LogP contribution in [0.25, 0.3) is 0 Å². The number of anilines is 1. The van der Waals surface area contributed by atoms with Crippen LogP contribution in [0.3, 0.4) is 0 Å². The topological polar surface area (TPSA) is 111 Å². The maximum absolute atomic E-state index is 12.4. The van der Waals surface area contributed by atoms with Gasteiger partial charge in [0.1, 0.15) is 12.4 Å². The van der Waals surface area contributed by atoms with Crippen LogP contribution in [0.5, 0.6) is 0 Å². The fraction of sp³-hybridized carbons (Fsp3) is 0.632. The molecule has 1 saturated heterocycles. The number of nitrogens with one attached hydrogen (secondary N) is 1. The zero-order chi connectivity index (χ0) is 20.4. The number of likely N-dealkylation sites (tertiary alicyclic amines) is 1. The Balaban J connectivity index is 1.55. The van der Waals surface area contributed by atoms with E-state index in [2.05, 4.69) is 10.4 Å². The van der Waals surface area contributed by atoms with Gasteiger partial charge >= 0.3 is 5.97 Å². The van der Waals surface area contributed by atoms with Gasteiger partial charge in [0, 0.05) is 12.1 Å². The molecule has 0 bridgehead atoms. The minimum atomic E-state index is -1.07. The highest BCUT2D eigenvalue weighted by molar-refractivity contribution is 6.07. The molecule has 1 saturated carbocycles. The van der Waals surface area contributed by atoms with Crippen molar-refractivity contribution in [2.24, 2.45) is 11.8 Å². The van der Waals surface area contributed by atoms with Gasteiger partial charge in [-0.25, -0.2) is 4.68 Å². The van der Waals surface area contributed by atoms with E-state index in [4.69, 9.17) is 4.74 Å². The monoisotopic (exact) mass is 390 g/mol. The van der Waals surface area contributed by atoms with E-state index in [0.29, 0.717) is 18.7 Å². The van der Waals surface area contributed by atoms with Crippen molar-refractivity contribution in [3.8, 4) is 0 Å². The van der Waals surface area contributed by atoms with Crippen molar-refractivity contribution >= 4 is 29.5 Å². The summed E-state index contributed by atoms with van der Waals surface area (Å²) < 4.78 is 6.78. The molecule has 9 heteroatoms. The molecule has 1 aliphatic carbocycles. The van der Waals surface area contributed by atoms with E-state index >= 15 is 0 Å². The third-order valence-corrected chi connectivity index (χ3v) is 5.31. The predicted molar refractivity (Wildman–Crippen MR) is 99.0 cm³/mol. The number of esters is 1. The van der Waals surface area contributed by atoms with Crippen molar-refractivity contribution < 1.29 is 23.9 Å². The van der Waals surface area contributed by atoms with Crippen LogP contribution >= 0.6 is 0 Å². The van der Waals surface area contributed by atoms with Crippen molar-refractivity contribution in [3.63, 3.8) is 0 Å². The van der Waals surface area contributed by atoms with Crippen LogP contribution in [-0.2, 0) is 23.9 Å². The third kappa shape index (κ3) is 3.93. The first-order chi connectivity index (χ1) is 13.3. The number of hydrogen-bond donors (Lipinski definition) is 1. The largest absolute Gasteiger partial charge is 0.451 e. The second-order valence-corrected chi connectivity index (χ2v) is 7.64. The maximum Gasteiger partial charge on any atom is 0.326 e. The number of ether oxygens (including phenoxy) is 1. The molecule has 3 atom stereocenters. The van der Waals surface area contributed by atoms with E-state index in [1.54, 1.807) is 16.9 Å². The van der Waals surface area contributed by atoms with E-state index in [1.807, 2.05) is 13.8 Å². The summed E-state index contributed by atoms with van der Waals surface area (Å²) in [6.45, 7) is 4.84. The Morgan fingerprint density at radius 3 is 2.36 bits per heavy atom. The van der Waals surface area contributed by atoms with Gasteiger partial charge in [0.2, 0.25) is 11.8 Å². The molecule has 3 unspecified atom stereocenters. The molecule has 3 amide bonds. The summed E-state index contributed by atoms with van der Waals surface area (Å²) >= 11 is 0. The molecule has 152 valence electrons. The highest BCUT2D eigenvalue weighted by atomic mass is 16.5. The Morgan fingerprint density at radius 1 is 1.18 bits per heavy atom. The summed E-state index contributed by atoms with van der Waals surface area (Å²) in [4.78, 5) is 50.4. The van der Waals surface area contributed by atoms with Crippen molar-refractivity contribution in [1.29, 1.82) is 0 Å². The molecule has 9 nitrogen and oxygen atoms in total. The second kappa shape index (κ2) is 8.12. The molecule has 28 heavy (non-hydrogen) atoms. The van der Waals surface area contributed by atoms with E-state index < -0.39 is 24.5 Å². The number of aromatic nitrogens is 2. The number of nitrogens with zero attached hydrogens (tertiary/aromatic N) is 3. The van der Waals surface area contributed by atoms with Crippen LogP contribution in [0.4, 0.5) is 5.82 Å². The molecular formula is C19H26N4O5. The number of rotatable bonds is 6. The fourth-order valence-corrected chi connectivity index (χ4v) is 3.86. The number of carbonyl (C=O) groups is 4. The molecule has 0 radical (unpaired) electrons. The van der Waals surface area contributed by atoms with Gasteiger partial charge in [-0.3, -0.25) is 24.1 Å². The SMILES string of the molecule is CC(OC(=O)CN1C(=O)C2CCCCC2C1=O)C(=O)Nc1ccnn1C(C)C. The molecule has 1 aromatic rings. The first-order valence-corrected chi connectivity index (χ1v) is 9.68. The fourth-order valence-electron chi connectivity index (χ4n) is 3.86. The predicted octanol–water partition coefficient (Wildman–Crippen LogP) is 1.51. The van der Waals surface area contributed by atoms with Crippen LogP contribution in [-0.4, -0.2) is 51.0 Å². The second-order valence-electron chi connectivity index (χ2n) is 7.64. The first-order valence-electron chi connectivity index (χ1n) is 9.68. The zero-order valence-corrected chi connectivity index (χ0v) is 16.4. The van der Waals surface area contributed by atoms with Gasteiger partial charge in [0.05, 0.1) is 18.0 Å². The lowest BCUT2D eigenvalue weighted by molar-refractivity contribution is -0.158. The van der Waals surface area contributed by atoms with Crippen molar-refractivity contribution in [1.82, 2.24) is 14.7 Å². The molecule has 0 aromatic carbocycles. The minimum absolute atomic E-state index is 0.0545. The third-order valence-electron chi connectivity index (χ3n) is 5.31. The molecule has 2 heterocycles. The van der Waals surface area contributed by atoms with Crippen LogP contribution in [0.15, 0.2) is 12.3 Å². The summed E-state index contributed by atoms with van der Waals surface area (Å²) in [5.41, 5.74) is 0. The Kier molecular flexibility index (Phi) is 5.81. The molecule has 3 rings (SSSR count). The number of imide groups is 1. The van der Waals surface area contributed by atoms with Crippen molar-refractivity contribution in [3.05, 3.63) is 12.3 Å². The molecular weight excluding hydrogens is 364 g/mol. The summed E-state index contributed by atoms with van der Waals surface area (Å²) in [5, 5.41) is 6.79. The minimum Gasteiger partial charge on any atom is -0.451 e. The Morgan fingerprint density at radius 2 is 1.79 bits per heavy atom. The highest BCUT2D eigenvalue weighted by Gasteiger charge is 2.48. The van der Waals surface area contributed by atoms with Gasteiger partial charge < -0.3 is 10.1 Å². The molecule has 2 fully saturated rings. The maximum atomic E-state index is 12.4. The molecule has 1 aromatic heterocycles. The first kappa shape index (κ1) is 20.0. The van der Waals surface area contributed by atoms with E-state index in [0.717, 1.165) is 17.7 Å². The average molecular weight is 390 g/mol. The van der Waals surface area contributed by atoms with Gasteiger partial charge in [-0.15, -0.1) is 0 Å². The normalized spacial score (nSPS) is 22.9. The van der Waals surface area contributed by atoms with Gasteiger partial charge in [0.25, 0.3) is 5.91 Å². The number of fused-ring (bicyclic) bond motifs is 1. The summed E-state index contributed by atoms with van der Waals surface area (Å²) in [6, 6.07) is 1.70. The van der Waals surface area contributed by atoms with Gasteiger partial charge in [0.15, 0.2) is 6.10 Å². The van der Waals surface area contributed by atoms with Crippen LogP contribution in [0, 0.1) is 11.8 Å². The molecule has 0 spiro atoms. The average Bonchev–Trinajstić information content (AvgIpc) is 3.21. The Labute approximate surface area is 163 Å². The number of carbonyl (C=O) groups excluding carboxylic acids is 4. The number of amides is 3. The van der Waals surface area contributed by atoms with Crippen LogP contribution in [0.1, 0.15) is 52.5 Å². The lowest BCUT2D eigenvalue weighted by atomic mass is 9.81. The van der Waals surface area contributed by atoms with E-state index in [-0.39, 0.29) is 29.7 Å². The zero-order valence-electron chi connectivity index (χ0n) is 16.4. The molecule has 1 N–H and O–H groups in total. The van der Waals surface area contributed by atoms with Crippen molar-refractivity contribution in [2.45, 2.75) is 58.6 Å². The lowest BCUT2D eigenvalue weighted by Gasteiger charge is -2.19. The van der Waals surface area contributed by atoms with Crippen molar-refractivity contribution in [2.75, 3.05) is 11.9 Å². The Hall–Kier alpha value is -2.71. The molecule has 2 aliphatic rings. The van der Waals surface area contributed by atoms with Crippen LogP contribution < -0.4 is 5.32 Å². The van der Waals surface area contributed by atoms with Gasteiger partial charge in [-0.1, -0.05) is 12.8 Å². The quantitative estimate of drug-likeness (QED) is 0.582. The standard InChI is InChI=1S/C19H26N4O5/c1-11(2)23-15(8-9-20-23)21-17(25)12(3)28-16(24)10-22-18(26)13-6-4-5-7-14(13)19(22)27/h8-9,11-14H,4-7,10H2,1-3H3,(H,21,25). The van der Waals surface area contributed by atoms with Crippen LogP contribution in [0.2, 0.25) is 0 Å². The molecule has 1 aliphatic heterocycles. The summed E-state index contributed by atoms with van der Waals surface area (Å²) in [7, 11) is 0. The highest BCUT2D eigenvalue weighted by Crippen LogP contribution is 2.37. The Bertz CT molecular complexity index is 763.